The molecule has 0 saturated carbocycles. The van der Waals surface area contributed by atoms with Gasteiger partial charge in [0, 0.05) is 5.56 Å². The maximum absolute atomic E-state index is 12.1. The Bertz CT molecular complexity index is 940. The van der Waals surface area contributed by atoms with Gasteiger partial charge in [0.2, 0.25) is 11.8 Å². The second-order valence-corrected chi connectivity index (χ2v) is 6.17. The highest BCUT2D eigenvalue weighted by atomic mass is 16.5. The van der Waals surface area contributed by atoms with Crippen LogP contribution in [0.2, 0.25) is 0 Å². The highest BCUT2D eigenvalue weighted by Crippen LogP contribution is 2.32. The first-order chi connectivity index (χ1) is 14.5. The topological polar surface area (TPSA) is 109 Å². The summed E-state index contributed by atoms with van der Waals surface area (Å²) in [5.41, 5.74) is 4.03. The fraction of sp³-hybridized carbons (Fsp3) is 0.227. The molecule has 0 unspecified atom stereocenters. The summed E-state index contributed by atoms with van der Waals surface area (Å²) >= 11 is 0. The van der Waals surface area contributed by atoms with Crippen LogP contribution in [-0.2, 0) is 16.0 Å². The number of para-hydroxylation sites is 2. The number of anilines is 1. The van der Waals surface area contributed by atoms with Crippen LogP contribution in [0.3, 0.4) is 0 Å². The number of ether oxygens (including phenoxy) is 2. The molecule has 0 bridgehead atoms. The fourth-order valence-electron chi connectivity index (χ4n) is 2.65. The molecule has 0 radical (unpaired) electrons. The molecular formula is C22H25N3O5. The number of rotatable bonds is 10. The summed E-state index contributed by atoms with van der Waals surface area (Å²) in [6, 6.07) is 10.2. The normalized spacial score (nSPS) is 10.5. The van der Waals surface area contributed by atoms with Gasteiger partial charge in [-0.2, -0.15) is 5.10 Å². The number of hydrazone groups is 1. The van der Waals surface area contributed by atoms with Crippen LogP contribution in [0, 0.1) is 0 Å². The highest BCUT2D eigenvalue weighted by Gasteiger charge is 2.12. The van der Waals surface area contributed by atoms with E-state index in [0.717, 1.165) is 0 Å². The zero-order valence-electron chi connectivity index (χ0n) is 17.0. The molecule has 0 saturated heterocycles. The van der Waals surface area contributed by atoms with E-state index in [0.29, 0.717) is 41.3 Å². The van der Waals surface area contributed by atoms with E-state index in [4.69, 9.17) is 9.47 Å². The highest BCUT2D eigenvalue weighted by molar-refractivity contribution is 6.04. The summed E-state index contributed by atoms with van der Waals surface area (Å²) in [7, 11) is 1.49. The molecule has 2 rings (SSSR count). The van der Waals surface area contributed by atoms with Gasteiger partial charge in [-0.15, -0.1) is 6.58 Å². The number of phenolic OH excluding ortho intramolecular Hbond substituents is 1. The predicted molar refractivity (Wildman–Crippen MR) is 115 cm³/mol. The van der Waals surface area contributed by atoms with Crippen molar-refractivity contribution in [2.24, 2.45) is 5.10 Å². The monoisotopic (exact) mass is 411 g/mol. The van der Waals surface area contributed by atoms with Gasteiger partial charge in [-0.1, -0.05) is 18.2 Å². The number of benzene rings is 2. The number of hydrogen-bond acceptors (Lipinski definition) is 6. The molecule has 2 aromatic carbocycles. The lowest BCUT2D eigenvalue weighted by molar-refractivity contribution is -0.126. The van der Waals surface area contributed by atoms with E-state index in [1.165, 1.54) is 13.3 Å². The van der Waals surface area contributed by atoms with E-state index in [1.54, 1.807) is 42.5 Å². The number of phenols is 1. The van der Waals surface area contributed by atoms with E-state index in [9.17, 15) is 14.7 Å². The van der Waals surface area contributed by atoms with E-state index in [2.05, 4.69) is 22.4 Å². The molecular weight excluding hydrogens is 386 g/mol. The minimum Gasteiger partial charge on any atom is -0.504 e. The Morgan fingerprint density at radius 1 is 1.20 bits per heavy atom. The Kier molecular flexibility index (Phi) is 8.43. The summed E-state index contributed by atoms with van der Waals surface area (Å²) in [5, 5.41) is 16.7. The summed E-state index contributed by atoms with van der Waals surface area (Å²) < 4.78 is 10.6. The van der Waals surface area contributed by atoms with Gasteiger partial charge in [-0.05, 0) is 43.2 Å². The smallest absolute Gasteiger partial charge is 0.249 e. The summed E-state index contributed by atoms with van der Waals surface area (Å²) in [6.45, 7) is 5.87. The van der Waals surface area contributed by atoms with Gasteiger partial charge in [0.25, 0.3) is 0 Å². The second-order valence-electron chi connectivity index (χ2n) is 6.17. The first-order valence-corrected chi connectivity index (χ1v) is 9.32. The molecule has 8 heteroatoms. The van der Waals surface area contributed by atoms with Crippen molar-refractivity contribution in [1.29, 1.82) is 0 Å². The molecule has 0 atom stereocenters. The molecule has 0 aliphatic heterocycles. The number of methoxy groups -OCH3 is 1. The molecule has 0 aliphatic rings. The van der Waals surface area contributed by atoms with E-state index in [1.807, 2.05) is 6.92 Å². The van der Waals surface area contributed by atoms with Crippen LogP contribution in [0.1, 0.15) is 24.5 Å². The Morgan fingerprint density at radius 3 is 2.67 bits per heavy atom. The molecule has 158 valence electrons. The standard InChI is InChI=1S/C22H25N3O5/c1-4-8-16-11-15(12-19(22(16)28)30-5-2)14-23-25-21(27)13-20(26)24-17-9-6-7-10-18(17)29-3/h4,6-7,9-12,14,28H,1,5,8,13H2,2-3H3,(H,24,26)(H,25,27). The first-order valence-electron chi connectivity index (χ1n) is 9.32. The van der Waals surface area contributed by atoms with E-state index >= 15 is 0 Å². The fourth-order valence-corrected chi connectivity index (χ4v) is 2.65. The lowest BCUT2D eigenvalue weighted by Gasteiger charge is -2.11. The summed E-state index contributed by atoms with van der Waals surface area (Å²) in [4.78, 5) is 24.0. The van der Waals surface area contributed by atoms with Crippen molar-refractivity contribution in [2.45, 2.75) is 19.8 Å². The lowest BCUT2D eigenvalue weighted by Crippen LogP contribution is -2.24. The lowest BCUT2D eigenvalue weighted by atomic mass is 10.1. The van der Waals surface area contributed by atoms with Crippen molar-refractivity contribution < 1.29 is 24.2 Å². The van der Waals surface area contributed by atoms with Crippen molar-refractivity contribution in [3.8, 4) is 17.2 Å². The number of hydrogen-bond donors (Lipinski definition) is 3. The molecule has 8 nitrogen and oxygen atoms in total. The number of nitrogens with zero attached hydrogens (tertiary/aromatic N) is 1. The Hall–Kier alpha value is -3.81. The average Bonchev–Trinajstić information content (AvgIpc) is 2.72. The quantitative estimate of drug-likeness (QED) is 0.241. The largest absolute Gasteiger partial charge is 0.504 e. The van der Waals surface area contributed by atoms with Gasteiger partial charge in [0.15, 0.2) is 11.5 Å². The van der Waals surface area contributed by atoms with E-state index in [-0.39, 0.29) is 5.75 Å². The van der Waals surface area contributed by atoms with Gasteiger partial charge < -0.3 is 19.9 Å². The summed E-state index contributed by atoms with van der Waals surface area (Å²) in [6.07, 6.45) is 3.11. The molecule has 30 heavy (non-hydrogen) atoms. The van der Waals surface area contributed by atoms with Crippen molar-refractivity contribution in [1.82, 2.24) is 5.43 Å². The molecule has 2 aromatic rings. The molecule has 0 spiro atoms. The second kappa shape index (κ2) is 11.3. The van der Waals surface area contributed by atoms with Crippen molar-refractivity contribution >= 4 is 23.7 Å². The number of amides is 2. The number of nitrogens with one attached hydrogen (secondary N) is 2. The first kappa shape index (κ1) is 22.5. The van der Waals surface area contributed by atoms with Crippen LogP contribution >= 0.6 is 0 Å². The third kappa shape index (κ3) is 6.37. The van der Waals surface area contributed by atoms with Crippen LogP contribution in [0.25, 0.3) is 0 Å². The number of carbonyl (C=O) groups excluding carboxylic acids is 2. The van der Waals surface area contributed by atoms with Gasteiger partial charge >= 0.3 is 0 Å². The Labute approximate surface area is 175 Å². The maximum Gasteiger partial charge on any atom is 0.249 e. The number of aromatic hydroxyl groups is 1. The minimum absolute atomic E-state index is 0.0472. The maximum atomic E-state index is 12.1. The summed E-state index contributed by atoms with van der Waals surface area (Å²) in [5.74, 6) is -0.207. The van der Waals surface area contributed by atoms with Crippen LogP contribution in [-0.4, -0.2) is 36.9 Å². The van der Waals surface area contributed by atoms with Gasteiger partial charge in [0.05, 0.1) is 25.6 Å². The molecule has 0 heterocycles. The van der Waals surface area contributed by atoms with Gasteiger partial charge in [-0.3, -0.25) is 9.59 Å². The molecule has 3 N–H and O–H groups in total. The van der Waals surface area contributed by atoms with Crippen LogP contribution < -0.4 is 20.2 Å². The van der Waals surface area contributed by atoms with Gasteiger partial charge in [-0.25, -0.2) is 5.43 Å². The van der Waals surface area contributed by atoms with Crippen LogP contribution in [0.4, 0.5) is 5.69 Å². The number of allylic oxidation sites excluding steroid dienone is 1. The van der Waals surface area contributed by atoms with Gasteiger partial charge in [0.1, 0.15) is 12.2 Å². The SMILES string of the molecule is C=CCc1cc(C=NNC(=O)CC(=O)Nc2ccccc2OC)cc(OCC)c1O. The van der Waals surface area contributed by atoms with Crippen LogP contribution in [0.5, 0.6) is 17.2 Å². The molecule has 0 fully saturated rings. The molecule has 0 aromatic heterocycles. The minimum atomic E-state index is -0.575. The zero-order valence-corrected chi connectivity index (χ0v) is 17.0. The third-order valence-corrected chi connectivity index (χ3v) is 3.95. The van der Waals surface area contributed by atoms with Crippen molar-refractivity contribution in [3.05, 3.63) is 60.2 Å². The number of carbonyl (C=O) groups is 2. The average molecular weight is 411 g/mol. The van der Waals surface area contributed by atoms with Crippen LogP contribution in [0.15, 0.2) is 54.2 Å². The molecule has 0 aliphatic carbocycles. The van der Waals surface area contributed by atoms with Crippen molar-refractivity contribution in [2.75, 3.05) is 19.0 Å². The third-order valence-electron chi connectivity index (χ3n) is 3.95. The van der Waals surface area contributed by atoms with Crippen molar-refractivity contribution in [3.63, 3.8) is 0 Å². The zero-order chi connectivity index (χ0) is 21.9. The van der Waals surface area contributed by atoms with E-state index < -0.39 is 18.2 Å². The molecule has 2 amide bonds. The predicted octanol–water partition coefficient (Wildman–Crippen LogP) is 3.01. The Balaban J connectivity index is 1.98. The Morgan fingerprint density at radius 2 is 1.97 bits per heavy atom.